The van der Waals surface area contributed by atoms with Crippen molar-refractivity contribution in [1.82, 2.24) is 0 Å². The van der Waals surface area contributed by atoms with Crippen LogP contribution in [0.3, 0.4) is 0 Å². The number of benzene rings is 3. The third-order valence-electron chi connectivity index (χ3n) is 5.09. The summed E-state index contributed by atoms with van der Waals surface area (Å²) in [7, 11) is -1.16. The van der Waals surface area contributed by atoms with Gasteiger partial charge >= 0.3 is 0 Å². The molecule has 0 aliphatic carbocycles. The summed E-state index contributed by atoms with van der Waals surface area (Å²) in [6.07, 6.45) is 0. The molecule has 0 spiro atoms. The predicted octanol–water partition coefficient (Wildman–Crippen LogP) is 7.62. The largest absolute Gasteiger partial charge is 0.352 e. The van der Waals surface area contributed by atoms with Gasteiger partial charge in [-0.1, -0.05) is 114 Å². The minimum Gasteiger partial charge on any atom is -0.352 e. The van der Waals surface area contributed by atoms with E-state index in [1.807, 2.05) is 0 Å². The lowest BCUT2D eigenvalue weighted by atomic mass is 9.77. The fraction of sp³-hybridized carbons (Fsp3) is 0.308. The van der Waals surface area contributed by atoms with Gasteiger partial charge in [-0.25, -0.2) is 0 Å². The van der Waals surface area contributed by atoms with E-state index in [-0.39, 0.29) is 10.8 Å². The van der Waals surface area contributed by atoms with Gasteiger partial charge in [0.2, 0.25) is 0 Å². The van der Waals surface area contributed by atoms with E-state index >= 15 is 0 Å². The molecular formula is C26H34O3P2. The smallest absolute Gasteiger partial charge is 0.158 e. The molecule has 2 N–H and O–H groups in total. The van der Waals surface area contributed by atoms with Crippen LogP contribution in [-0.2, 0) is 15.1 Å². The van der Waals surface area contributed by atoms with Crippen LogP contribution in [0.25, 0.3) is 22.3 Å². The molecule has 0 aromatic heterocycles. The van der Waals surface area contributed by atoms with E-state index < -0.39 is 18.1 Å². The zero-order valence-electron chi connectivity index (χ0n) is 19.2. The first-order valence-corrected chi connectivity index (χ1v) is 12.0. The maximum absolute atomic E-state index is 7.72. The monoisotopic (exact) mass is 456 g/mol. The summed E-state index contributed by atoms with van der Waals surface area (Å²) in [6, 6.07) is 26.5. The summed E-state index contributed by atoms with van der Waals surface area (Å²) in [4.78, 5) is 15.4. The topological polar surface area (TPSA) is 49.7 Å². The van der Waals surface area contributed by atoms with Crippen molar-refractivity contribution in [2.45, 2.75) is 52.4 Å². The second kappa shape index (κ2) is 11.3. The highest BCUT2D eigenvalue weighted by molar-refractivity contribution is 7.39. The molecule has 2 unspecified atom stereocenters. The highest BCUT2D eigenvalue weighted by Gasteiger charge is 2.22. The lowest BCUT2D eigenvalue weighted by Gasteiger charge is -2.27. The Morgan fingerprint density at radius 2 is 1.13 bits per heavy atom. The minimum absolute atomic E-state index is 0.106. The van der Waals surface area contributed by atoms with Crippen LogP contribution in [0, 0.1) is 0 Å². The first kappa shape index (κ1) is 25.7. The molecule has 5 heteroatoms. The van der Waals surface area contributed by atoms with E-state index in [1.165, 1.54) is 33.4 Å². The number of hydrogen-bond donors (Lipinski definition) is 2. The third kappa shape index (κ3) is 7.49. The molecule has 0 aliphatic heterocycles. The van der Waals surface area contributed by atoms with Gasteiger partial charge in [0.1, 0.15) is 0 Å². The van der Waals surface area contributed by atoms with Gasteiger partial charge in [-0.2, -0.15) is 0 Å². The fourth-order valence-corrected chi connectivity index (χ4v) is 3.54. The first-order chi connectivity index (χ1) is 14.6. The molecule has 0 radical (unpaired) electrons. The summed E-state index contributed by atoms with van der Waals surface area (Å²) < 4.78 is 4.00. The van der Waals surface area contributed by atoms with Crippen LogP contribution in [0.4, 0.5) is 0 Å². The Balaban J connectivity index is 0.000000614. The average Bonchev–Trinajstić information content (AvgIpc) is 2.74. The van der Waals surface area contributed by atoms with Crippen LogP contribution in [0.1, 0.15) is 52.7 Å². The normalized spacial score (nSPS) is 12.4. The molecule has 166 valence electrons. The second-order valence-electron chi connectivity index (χ2n) is 9.49. The van der Waals surface area contributed by atoms with Crippen molar-refractivity contribution in [3.63, 3.8) is 0 Å². The van der Waals surface area contributed by atoms with Crippen molar-refractivity contribution in [1.29, 1.82) is 0 Å². The Morgan fingerprint density at radius 3 is 1.58 bits per heavy atom. The molecule has 0 fully saturated rings. The summed E-state index contributed by atoms with van der Waals surface area (Å²) in [5, 5.41) is 0. The molecule has 31 heavy (non-hydrogen) atoms. The van der Waals surface area contributed by atoms with Gasteiger partial charge in [0.05, 0.1) is 0 Å². The number of rotatable bonds is 4. The molecule has 3 aromatic rings. The van der Waals surface area contributed by atoms with Crippen LogP contribution in [-0.4, -0.2) is 9.79 Å². The summed E-state index contributed by atoms with van der Waals surface area (Å²) in [5.74, 6) is 0. The molecule has 0 heterocycles. The van der Waals surface area contributed by atoms with Crippen LogP contribution in [0.2, 0.25) is 0 Å². The average molecular weight is 457 g/mol. The van der Waals surface area contributed by atoms with Gasteiger partial charge in [0, 0.05) is 0 Å². The Morgan fingerprint density at radius 1 is 0.613 bits per heavy atom. The van der Waals surface area contributed by atoms with Gasteiger partial charge in [0.15, 0.2) is 18.1 Å². The van der Waals surface area contributed by atoms with E-state index in [0.717, 1.165) is 0 Å². The molecule has 2 atom stereocenters. The Labute approximate surface area is 190 Å². The van der Waals surface area contributed by atoms with Gasteiger partial charge in [0.25, 0.3) is 0 Å². The standard InChI is InChI=1S/C26H30.H4O3P2/c1-25(2,3)22-16-17-23(24(18-22)26(4,5)6)21-14-12-20(13-15-21)19-10-8-7-9-11-19;1-4-3-5-2/h7-18H,1-6H3;1-2,4-5H. The Kier molecular flexibility index (Phi) is 9.37. The molecule has 0 saturated carbocycles. The van der Waals surface area contributed by atoms with Crippen molar-refractivity contribution in [3.05, 3.63) is 83.9 Å². The van der Waals surface area contributed by atoms with E-state index in [0.29, 0.717) is 0 Å². The maximum Gasteiger partial charge on any atom is 0.158 e. The van der Waals surface area contributed by atoms with Crippen LogP contribution < -0.4 is 0 Å². The molecular weight excluding hydrogens is 422 g/mol. The van der Waals surface area contributed by atoms with Gasteiger partial charge in [-0.15, -0.1) is 0 Å². The molecule has 3 nitrogen and oxygen atoms in total. The maximum atomic E-state index is 7.72. The highest BCUT2D eigenvalue weighted by atomic mass is 31.2. The lowest BCUT2D eigenvalue weighted by Crippen LogP contribution is -2.17. The zero-order chi connectivity index (χ0) is 23.1. The fourth-order valence-electron chi connectivity index (χ4n) is 3.38. The molecule has 0 bridgehead atoms. The van der Waals surface area contributed by atoms with Crippen molar-refractivity contribution < 1.29 is 14.1 Å². The molecule has 0 amide bonds. The summed E-state index contributed by atoms with van der Waals surface area (Å²) in [6.45, 7) is 13.7. The van der Waals surface area contributed by atoms with Crippen molar-refractivity contribution in [2.24, 2.45) is 0 Å². The summed E-state index contributed by atoms with van der Waals surface area (Å²) in [5.41, 5.74) is 8.23. The van der Waals surface area contributed by atoms with Crippen LogP contribution in [0.5, 0.6) is 0 Å². The Bertz CT molecular complexity index is 939. The molecule has 3 aromatic carbocycles. The van der Waals surface area contributed by atoms with Gasteiger partial charge in [-0.3, -0.25) is 4.31 Å². The van der Waals surface area contributed by atoms with Gasteiger partial charge < -0.3 is 9.79 Å². The molecule has 0 saturated heterocycles. The van der Waals surface area contributed by atoms with Crippen molar-refractivity contribution >= 4 is 18.1 Å². The van der Waals surface area contributed by atoms with E-state index in [1.54, 1.807) is 0 Å². The lowest BCUT2D eigenvalue weighted by molar-refractivity contribution is 0.496. The quantitative estimate of drug-likeness (QED) is 0.397. The SMILES string of the molecule is CC(C)(C)c1ccc(-c2ccc(-c3ccccc3)cc2)c(C(C)(C)C)c1.OPOPO. The molecule has 0 aliphatic rings. The van der Waals surface area contributed by atoms with E-state index in [2.05, 4.69) is 119 Å². The van der Waals surface area contributed by atoms with Crippen molar-refractivity contribution in [2.75, 3.05) is 0 Å². The van der Waals surface area contributed by atoms with E-state index in [9.17, 15) is 0 Å². The summed E-state index contributed by atoms with van der Waals surface area (Å²) >= 11 is 0. The third-order valence-corrected chi connectivity index (χ3v) is 5.82. The minimum atomic E-state index is -0.580. The molecule has 3 rings (SSSR count). The highest BCUT2D eigenvalue weighted by Crippen LogP contribution is 2.37. The van der Waals surface area contributed by atoms with Crippen LogP contribution >= 0.6 is 18.1 Å². The van der Waals surface area contributed by atoms with Crippen LogP contribution in [0.15, 0.2) is 72.8 Å². The van der Waals surface area contributed by atoms with Gasteiger partial charge in [-0.05, 0) is 44.2 Å². The Hall–Kier alpha value is -1.60. The second-order valence-corrected chi connectivity index (χ2v) is 10.7. The first-order valence-electron chi connectivity index (χ1n) is 10.3. The zero-order valence-corrected chi connectivity index (χ0v) is 21.2. The van der Waals surface area contributed by atoms with Crippen molar-refractivity contribution in [3.8, 4) is 22.3 Å². The van der Waals surface area contributed by atoms with E-state index in [4.69, 9.17) is 9.79 Å². The number of hydrogen-bond acceptors (Lipinski definition) is 3. The predicted molar refractivity (Wildman–Crippen MR) is 137 cm³/mol.